The summed E-state index contributed by atoms with van der Waals surface area (Å²) in [5.41, 5.74) is 1.64. The first-order valence-corrected chi connectivity index (χ1v) is 10.9. The minimum atomic E-state index is -0.0744. The summed E-state index contributed by atoms with van der Waals surface area (Å²) in [6.45, 7) is 1.26. The van der Waals surface area contributed by atoms with Gasteiger partial charge < -0.3 is 10.2 Å². The van der Waals surface area contributed by atoms with Crippen LogP contribution in [0.15, 0.2) is 48.8 Å². The number of rotatable bonds is 7. The summed E-state index contributed by atoms with van der Waals surface area (Å²) in [6.07, 6.45) is 6.93. The van der Waals surface area contributed by atoms with Crippen molar-refractivity contribution in [1.82, 2.24) is 23.4 Å². The number of amides is 2. The Morgan fingerprint density at radius 1 is 1.13 bits per heavy atom. The monoisotopic (exact) mass is 424 g/mol. The number of likely N-dealkylation sites (tertiary alicyclic amines) is 1. The van der Waals surface area contributed by atoms with Crippen molar-refractivity contribution < 1.29 is 9.59 Å². The first-order valence-electron chi connectivity index (χ1n) is 10.1. The Morgan fingerprint density at radius 3 is 2.67 bits per heavy atom. The van der Waals surface area contributed by atoms with Crippen LogP contribution in [0.2, 0.25) is 0 Å². The molecule has 1 saturated heterocycles. The van der Waals surface area contributed by atoms with Gasteiger partial charge in [-0.3, -0.25) is 9.59 Å². The quantitative estimate of drug-likeness (QED) is 0.629. The van der Waals surface area contributed by atoms with Crippen molar-refractivity contribution in [3.8, 4) is 0 Å². The Balaban J connectivity index is 1.27. The first kappa shape index (κ1) is 20.2. The molecule has 0 bridgehead atoms. The number of benzene rings is 1. The van der Waals surface area contributed by atoms with Crippen molar-refractivity contribution in [2.45, 2.75) is 38.1 Å². The zero-order chi connectivity index (χ0) is 20.8. The molecule has 0 radical (unpaired) electrons. The highest BCUT2D eigenvalue weighted by Crippen LogP contribution is 2.26. The molecule has 1 fully saturated rings. The summed E-state index contributed by atoms with van der Waals surface area (Å²) in [5, 5.41) is 7.41. The van der Waals surface area contributed by atoms with Crippen molar-refractivity contribution in [2.75, 3.05) is 18.4 Å². The van der Waals surface area contributed by atoms with E-state index in [-0.39, 0.29) is 17.9 Å². The van der Waals surface area contributed by atoms with E-state index in [0.29, 0.717) is 31.0 Å². The lowest BCUT2D eigenvalue weighted by Crippen LogP contribution is -2.39. The van der Waals surface area contributed by atoms with Gasteiger partial charge in [0.25, 0.3) is 5.91 Å². The van der Waals surface area contributed by atoms with Crippen LogP contribution >= 0.6 is 11.7 Å². The molecule has 1 N–H and O–H groups in total. The van der Waals surface area contributed by atoms with Crippen molar-refractivity contribution in [2.24, 2.45) is 0 Å². The number of aromatic nitrogens is 4. The van der Waals surface area contributed by atoms with E-state index in [9.17, 15) is 9.59 Å². The maximum absolute atomic E-state index is 12.4. The number of anilines is 1. The van der Waals surface area contributed by atoms with Gasteiger partial charge in [-0.15, -0.1) is 0 Å². The molecule has 2 aromatic heterocycles. The SMILES string of the molecule is O=C(CCCc1ccccc1)Nc1ccnn1C1CCN(C(=O)c2cnsn2)CC1. The Kier molecular flexibility index (Phi) is 6.48. The Hall–Kier alpha value is -3.07. The summed E-state index contributed by atoms with van der Waals surface area (Å²) in [6, 6.07) is 12.2. The van der Waals surface area contributed by atoms with E-state index in [0.717, 1.165) is 37.4 Å². The standard InChI is InChI=1S/C21H24N6O2S/c28-20(8-4-7-16-5-2-1-3-6-16)24-19-9-12-22-27(19)17-10-13-26(14-11-17)21(29)18-15-23-30-25-18/h1-3,5-6,9,12,15,17H,4,7-8,10-11,13-14H2,(H,24,28). The van der Waals surface area contributed by atoms with Crippen LogP contribution in [0.25, 0.3) is 0 Å². The molecule has 30 heavy (non-hydrogen) atoms. The van der Waals surface area contributed by atoms with Gasteiger partial charge in [-0.25, -0.2) is 4.68 Å². The van der Waals surface area contributed by atoms with Gasteiger partial charge in [0.15, 0.2) is 5.69 Å². The highest BCUT2D eigenvalue weighted by Gasteiger charge is 2.27. The van der Waals surface area contributed by atoms with Gasteiger partial charge in [-0.05, 0) is 31.2 Å². The summed E-state index contributed by atoms with van der Waals surface area (Å²) in [7, 11) is 0. The summed E-state index contributed by atoms with van der Waals surface area (Å²) < 4.78 is 9.80. The fourth-order valence-corrected chi connectivity index (χ4v) is 4.15. The molecule has 8 nitrogen and oxygen atoms in total. The third kappa shape index (κ3) is 4.91. The molecule has 3 aromatic rings. The molecule has 2 amide bonds. The highest BCUT2D eigenvalue weighted by molar-refractivity contribution is 6.99. The molecule has 9 heteroatoms. The number of carbonyl (C=O) groups is 2. The highest BCUT2D eigenvalue weighted by atomic mass is 32.1. The number of hydrogen-bond donors (Lipinski definition) is 1. The lowest BCUT2D eigenvalue weighted by molar-refractivity contribution is -0.116. The van der Waals surface area contributed by atoms with Gasteiger partial charge in [0, 0.05) is 25.6 Å². The lowest BCUT2D eigenvalue weighted by Gasteiger charge is -2.32. The van der Waals surface area contributed by atoms with E-state index in [1.807, 2.05) is 28.9 Å². The van der Waals surface area contributed by atoms with Gasteiger partial charge in [0.1, 0.15) is 5.82 Å². The zero-order valence-electron chi connectivity index (χ0n) is 16.6. The van der Waals surface area contributed by atoms with Crippen LogP contribution in [0.1, 0.15) is 47.8 Å². The van der Waals surface area contributed by atoms with E-state index >= 15 is 0 Å². The Morgan fingerprint density at radius 2 is 1.93 bits per heavy atom. The number of nitrogens with one attached hydrogen (secondary N) is 1. The second-order valence-electron chi connectivity index (χ2n) is 7.36. The number of nitrogens with zero attached hydrogens (tertiary/aromatic N) is 5. The number of carbonyl (C=O) groups excluding carboxylic acids is 2. The molecular weight excluding hydrogens is 400 g/mol. The van der Waals surface area contributed by atoms with Crippen LogP contribution in [0.3, 0.4) is 0 Å². The van der Waals surface area contributed by atoms with E-state index in [1.165, 1.54) is 11.8 Å². The number of piperidine rings is 1. The van der Waals surface area contributed by atoms with Gasteiger partial charge in [-0.1, -0.05) is 30.3 Å². The second kappa shape index (κ2) is 9.62. The molecule has 3 heterocycles. The fraction of sp³-hybridized carbons (Fsp3) is 0.381. The van der Waals surface area contributed by atoms with Crippen LogP contribution in [0.4, 0.5) is 5.82 Å². The predicted molar refractivity (Wildman–Crippen MR) is 114 cm³/mol. The third-order valence-corrected chi connectivity index (χ3v) is 5.81. The fourth-order valence-electron chi connectivity index (χ4n) is 3.74. The summed E-state index contributed by atoms with van der Waals surface area (Å²) >= 11 is 1.04. The number of hydrogen-bond acceptors (Lipinski definition) is 6. The predicted octanol–water partition coefficient (Wildman–Crippen LogP) is 3.17. The maximum Gasteiger partial charge on any atom is 0.275 e. The van der Waals surface area contributed by atoms with Crippen molar-refractivity contribution in [1.29, 1.82) is 0 Å². The smallest absolute Gasteiger partial charge is 0.275 e. The molecular formula is C21H24N6O2S. The van der Waals surface area contributed by atoms with Crippen LogP contribution in [0, 0.1) is 0 Å². The van der Waals surface area contributed by atoms with E-state index < -0.39 is 0 Å². The molecule has 0 unspecified atom stereocenters. The Labute approximate surface area is 179 Å². The normalized spacial score (nSPS) is 14.6. The average Bonchev–Trinajstić information content (AvgIpc) is 3.47. The van der Waals surface area contributed by atoms with E-state index in [2.05, 4.69) is 31.3 Å². The van der Waals surface area contributed by atoms with Crippen molar-refractivity contribution in [3.63, 3.8) is 0 Å². The molecule has 1 aromatic carbocycles. The number of aryl methyl sites for hydroxylation is 1. The first-order chi connectivity index (χ1) is 14.7. The molecule has 1 aliphatic heterocycles. The lowest BCUT2D eigenvalue weighted by atomic mass is 10.0. The van der Waals surface area contributed by atoms with Crippen LogP contribution in [-0.4, -0.2) is 48.3 Å². The third-order valence-electron chi connectivity index (χ3n) is 5.33. The molecule has 156 valence electrons. The molecule has 0 aliphatic carbocycles. The minimum absolute atomic E-state index is 0.00340. The minimum Gasteiger partial charge on any atom is -0.337 e. The van der Waals surface area contributed by atoms with Crippen LogP contribution in [-0.2, 0) is 11.2 Å². The van der Waals surface area contributed by atoms with Crippen LogP contribution in [0.5, 0.6) is 0 Å². The Bertz CT molecular complexity index is 965. The van der Waals surface area contributed by atoms with Gasteiger partial charge in [-0.2, -0.15) is 13.8 Å². The van der Waals surface area contributed by atoms with Gasteiger partial charge in [0.05, 0.1) is 30.2 Å². The van der Waals surface area contributed by atoms with Gasteiger partial charge >= 0.3 is 0 Å². The van der Waals surface area contributed by atoms with Crippen molar-refractivity contribution >= 4 is 29.4 Å². The second-order valence-corrected chi connectivity index (χ2v) is 7.92. The topological polar surface area (TPSA) is 93.0 Å². The van der Waals surface area contributed by atoms with Crippen LogP contribution < -0.4 is 5.32 Å². The zero-order valence-corrected chi connectivity index (χ0v) is 17.4. The summed E-state index contributed by atoms with van der Waals surface area (Å²) in [4.78, 5) is 26.6. The van der Waals surface area contributed by atoms with Gasteiger partial charge in [0.2, 0.25) is 5.91 Å². The maximum atomic E-state index is 12.4. The largest absolute Gasteiger partial charge is 0.337 e. The molecule has 0 saturated carbocycles. The molecule has 1 aliphatic rings. The summed E-state index contributed by atoms with van der Waals surface area (Å²) in [5.74, 6) is 0.638. The van der Waals surface area contributed by atoms with E-state index in [1.54, 1.807) is 11.1 Å². The molecule has 0 spiro atoms. The molecule has 0 atom stereocenters. The van der Waals surface area contributed by atoms with E-state index in [4.69, 9.17) is 0 Å². The van der Waals surface area contributed by atoms with Crippen molar-refractivity contribution in [3.05, 3.63) is 60.0 Å². The average molecular weight is 425 g/mol. The molecule has 4 rings (SSSR count).